The largest absolute Gasteiger partial charge is 0.480 e. The lowest BCUT2D eigenvalue weighted by atomic mass is 10.1. The van der Waals surface area contributed by atoms with Crippen molar-refractivity contribution in [3.63, 3.8) is 0 Å². The Morgan fingerprint density at radius 2 is 1.31 bits per heavy atom. The highest BCUT2D eigenvalue weighted by Gasteiger charge is 2.03. The summed E-state index contributed by atoms with van der Waals surface area (Å²) in [6, 6.07) is 0. The van der Waals surface area contributed by atoms with E-state index in [-0.39, 0.29) is 0 Å². The second kappa shape index (κ2) is 19.8. The Labute approximate surface area is 159 Å². The monoisotopic (exact) mass is 369 g/mol. The van der Waals surface area contributed by atoms with Crippen LogP contribution in [0.15, 0.2) is 12.2 Å². The molecule has 0 aliphatic rings. The minimum atomic E-state index is -1.07. The van der Waals surface area contributed by atoms with Gasteiger partial charge in [-0.15, -0.1) is 0 Å². The van der Waals surface area contributed by atoms with E-state index < -0.39 is 18.6 Å². The van der Waals surface area contributed by atoms with Crippen LogP contribution in [0, 0.1) is 0 Å². The summed E-state index contributed by atoms with van der Waals surface area (Å²) in [5, 5.41) is 10.6. The summed E-state index contributed by atoms with van der Waals surface area (Å²) in [6.45, 7) is 2.21. The minimum Gasteiger partial charge on any atom is -0.480 e. The second-order valence-corrected chi connectivity index (χ2v) is 6.82. The van der Waals surface area contributed by atoms with Crippen LogP contribution in [0.25, 0.3) is 0 Å². The number of hydrogen-bond acceptors (Lipinski definition) is 3. The van der Waals surface area contributed by atoms with Gasteiger partial charge in [0.2, 0.25) is 0 Å². The summed E-state index contributed by atoms with van der Waals surface area (Å²) in [4.78, 5) is 21.4. The molecule has 0 radical (unpaired) electrons. The van der Waals surface area contributed by atoms with Crippen LogP contribution in [0.2, 0.25) is 0 Å². The van der Waals surface area contributed by atoms with Crippen molar-refractivity contribution in [3.05, 3.63) is 12.2 Å². The van der Waals surface area contributed by atoms with Crippen LogP contribution in [-0.4, -0.2) is 30.3 Å². The summed E-state index contributed by atoms with van der Waals surface area (Å²) < 4.78 is 4.89. The molecule has 5 nitrogen and oxygen atoms in total. The van der Waals surface area contributed by atoms with Crippen LogP contribution >= 0.6 is 0 Å². The predicted octanol–water partition coefficient (Wildman–Crippen LogP) is 5.83. The van der Waals surface area contributed by atoms with E-state index in [1.807, 2.05) is 0 Å². The molecule has 0 bridgehead atoms. The molecule has 0 aromatic heterocycles. The van der Waals surface area contributed by atoms with Crippen molar-refractivity contribution in [2.75, 3.05) is 13.2 Å². The van der Waals surface area contributed by atoms with Gasteiger partial charge in [0, 0.05) is 0 Å². The zero-order valence-corrected chi connectivity index (χ0v) is 16.6. The average Bonchev–Trinajstić information content (AvgIpc) is 2.62. The molecule has 0 aliphatic carbocycles. The first-order valence-corrected chi connectivity index (χ1v) is 10.4. The molecule has 0 saturated carbocycles. The van der Waals surface area contributed by atoms with Crippen molar-refractivity contribution in [1.82, 2.24) is 5.32 Å². The molecule has 2 N–H and O–H groups in total. The molecule has 0 unspecified atom stereocenters. The smallest absolute Gasteiger partial charge is 0.407 e. The molecule has 5 heteroatoms. The number of nitrogens with one attached hydrogen (secondary N) is 1. The molecule has 0 rings (SSSR count). The van der Waals surface area contributed by atoms with Crippen LogP contribution in [0.4, 0.5) is 4.79 Å². The van der Waals surface area contributed by atoms with E-state index in [2.05, 4.69) is 24.4 Å². The third kappa shape index (κ3) is 20.5. The normalized spacial score (nSPS) is 11.0. The highest BCUT2D eigenvalue weighted by molar-refractivity contribution is 5.76. The van der Waals surface area contributed by atoms with Gasteiger partial charge in [-0.3, -0.25) is 4.79 Å². The van der Waals surface area contributed by atoms with Gasteiger partial charge in [-0.2, -0.15) is 0 Å². The van der Waals surface area contributed by atoms with Crippen molar-refractivity contribution < 1.29 is 19.4 Å². The molecule has 0 aromatic carbocycles. The minimum absolute atomic E-state index is 0.354. The molecular weight excluding hydrogens is 330 g/mol. The molecule has 26 heavy (non-hydrogen) atoms. The lowest BCUT2D eigenvalue weighted by Crippen LogP contribution is -2.30. The number of unbranched alkanes of at least 4 members (excludes halogenated alkanes) is 12. The Hall–Kier alpha value is -1.52. The SMILES string of the molecule is CCCCCCCCC=CCCCCCCCCOC(=O)NCC(=O)O. The predicted molar refractivity (Wildman–Crippen MR) is 106 cm³/mol. The number of rotatable bonds is 18. The number of aliphatic carboxylic acids is 1. The topological polar surface area (TPSA) is 75.6 Å². The highest BCUT2D eigenvalue weighted by Crippen LogP contribution is 2.09. The zero-order chi connectivity index (χ0) is 19.3. The summed E-state index contributed by atoms with van der Waals surface area (Å²) >= 11 is 0. The number of allylic oxidation sites excluding steroid dienone is 2. The van der Waals surface area contributed by atoms with Crippen molar-refractivity contribution >= 4 is 12.1 Å². The first-order chi connectivity index (χ1) is 12.7. The number of carboxylic acids is 1. The van der Waals surface area contributed by atoms with Crippen LogP contribution < -0.4 is 5.32 Å². The summed E-state index contributed by atoms with van der Waals surface area (Å²) in [5.74, 6) is -1.07. The standard InChI is InChI=1S/C21H39NO4/c1-2-3-4-5-6-7-8-9-10-11-12-13-14-15-16-17-18-26-21(25)22-19-20(23)24/h9-10H,2-8,11-19H2,1H3,(H,22,25)(H,23,24). The second-order valence-electron chi connectivity index (χ2n) is 6.82. The van der Waals surface area contributed by atoms with E-state index in [1.54, 1.807) is 0 Å². The molecule has 1 amide bonds. The lowest BCUT2D eigenvalue weighted by Gasteiger charge is -2.05. The highest BCUT2D eigenvalue weighted by atomic mass is 16.5. The zero-order valence-electron chi connectivity index (χ0n) is 16.6. The Balaban J connectivity index is 3.18. The lowest BCUT2D eigenvalue weighted by molar-refractivity contribution is -0.135. The van der Waals surface area contributed by atoms with Gasteiger partial charge >= 0.3 is 12.1 Å². The first-order valence-electron chi connectivity index (χ1n) is 10.4. The fourth-order valence-electron chi connectivity index (χ4n) is 2.71. The number of carbonyl (C=O) groups is 2. The van der Waals surface area contributed by atoms with E-state index in [0.29, 0.717) is 6.61 Å². The molecule has 0 heterocycles. The summed E-state index contributed by atoms with van der Waals surface area (Å²) in [5.41, 5.74) is 0. The maximum absolute atomic E-state index is 11.1. The molecule has 0 fully saturated rings. The van der Waals surface area contributed by atoms with Crippen molar-refractivity contribution in [1.29, 1.82) is 0 Å². The number of ether oxygens (including phenoxy) is 1. The molecule has 152 valence electrons. The Morgan fingerprint density at radius 1 is 0.808 bits per heavy atom. The van der Waals surface area contributed by atoms with E-state index >= 15 is 0 Å². The van der Waals surface area contributed by atoms with Crippen LogP contribution in [-0.2, 0) is 9.53 Å². The molecule has 0 aliphatic heterocycles. The van der Waals surface area contributed by atoms with Crippen molar-refractivity contribution in [2.45, 2.75) is 96.8 Å². The Kier molecular flexibility index (Phi) is 18.6. The van der Waals surface area contributed by atoms with Crippen molar-refractivity contribution in [3.8, 4) is 0 Å². The van der Waals surface area contributed by atoms with Gasteiger partial charge in [0.05, 0.1) is 6.61 Å². The maximum Gasteiger partial charge on any atom is 0.407 e. The average molecular weight is 370 g/mol. The number of carboxylic acid groups (broad SMARTS) is 1. The Morgan fingerprint density at radius 3 is 1.85 bits per heavy atom. The van der Waals surface area contributed by atoms with Crippen LogP contribution in [0.5, 0.6) is 0 Å². The quantitative estimate of drug-likeness (QED) is 0.235. The first kappa shape index (κ1) is 24.5. The molecule has 0 spiro atoms. The number of alkyl carbamates (subject to hydrolysis) is 1. The van der Waals surface area contributed by atoms with Gasteiger partial charge in [-0.1, -0.05) is 76.9 Å². The van der Waals surface area contributed by atoms with Gasteiger partial charge in [0.1, 0.15) is 6.54 Å². The van der Waals surface area contributed by atoms with E-state index in [0.717, 1.165) is 19.3 Å². The van der Waals surface area contributed by atoms with Crippen LogP contribution in [0.1, 0.15) is 96.8 Å². The third-order valence-electron chi connectivity index (χ3n) is 4.27. The third-order valence-corrected chi connectivity index (χ3v) is 4.27. The summed E-state index contributed by atoms with van der Waals surface area (Å²) in [7, 11) is 0. The number of hydrogen-bond donors (Lipinski definition) is 2. The van der Waals surface area contributed by atoms with E-state index in [4.69, 9.17) is 9.84 Å². The molecular formula is C21H39NO4. The molecule has 0 atom stereocenters. The van der Waals surface area contributed by atoms with E-state index in [9.17, 15) is 9.59 Å². The van der Waals surface area contributed by atoms with Gasteiger partial charge in [-0.05, 0) is 32.1 Å². The number of amides is 1. The fourth-order valence-corrected chi connectivity index (χ4v) is 2.71. The van der Waals surface area contributed by atoms with Gasteiger partial charge in [-0.25, -0.2) is 4.79 Å². The van der Waals surface area contributed by atoms with Gasteiger partial charge < -0.3 is 15.2 Å². The number of carbonyl (C=O) groups excluding carboxylic acids is 1. The van der Waals surface area contributed by atoms with Crippen molar-refractivity contribution in [2.24, 2.45) is 0 Å². The van der Waals surface area contributed by atoms with Gasteiger partial charge in [0.25, 0.3) is 0 Å². The maximum atomic E-state index is 11.1. The Bertz CT molecular complexity index is 369. The summed E-state index contributed by atoms with van der Waals surface area (Å²) in [6.07, 6.45) is 21.4. The molecule has 0 aromatic rings. The molecule has 0 saturated heterocycles. The van der Waals surface area contributed by atoms with Gasteiger partial charge in [0.15, 0.2) is 0 Å². The van der Waals surface area contributed by atoms with E-state index in [1.165, 1.54) is 70.6 Å². The van der Waals surface area contributed by atoms with Crippen LogP contribution in [0.3, 0.4) is 0 Å². The fraction of sp³-hybridized carbons (Fsp3) is 0.810.